The summed E-state index contributed by atoms with van der Waals surface area (Å²) in [4.78, 5) is 24.8. The SMILES string of the molecule is CCC(Oc1ccc(NC(=O)c2ccc(Cl)cc2)cc1)C(=O)c1ccccc1. The van der Waals surface area contributed by atoms with Crippen LogP contribution in [-0.2, 0) is 0 Å². The molecule has 1 amide bonds. The first kappa shape index (κ1) is 19.6. The summed E-state index contributed by atoms with van der Waals surface area (Å²) in [6.45, 7) is 1.91. The van der Waals surface area contributed by atoms with Gasteiger partial charge < -0.3 is 10.1 Å². The number of nitrogens with one attached hydrogen (secondary N) is 1. The van der Waals surface area contributed by atoms with Crippen LogP contribution in [0.4, 0.5) is 5.69 Å². The molecule has 3 aromatic rings. The number of carbonyl (C=O) groups is 2. The summed E-state index contributed by atoms with van der Waals surface area (Å²) in [5.41, 5.74) is 1.78. The predicted octanol–water partition coefficient (Wildman–Crippen LogP) is 5.63. The molecule has 0 aliphatic heterocycles. The molecule has 0 aromatic heterocycles. The highest BCUT2D eigenvalue weighted by Crippen LogP contribution is 2.20. The van der Waals surface area contributed by atoms with Crippen molar-refractivity contribution < 1.29 is 14.3 Å². The quantitative estimate of drug-likeness (QED) is 0.529. The van der Waals surface area contributed by atoms with E-state index in [4.69, 9.17) is 16.3 Å². The number of carbonyl (C=O) groups excluding carboxylic acids is 2. The summed E-state index contributed by atoms with van der Waals surface area (Å²) in [6.07, 6.45) is -0.000103. The number of ether oxygens (including phenoxy) is 1. The first-order chi connectivity index (χ1) is 13.6. The second-order valence-electron chi connectivity index (χ2n) is 6.23. The van der Waals surface area contributed by atoms with Gasteiger partial charge in [-0.25, -0.2) is 0 Å². The van der Waals surface area contributed by atoms with Gasteiger partial charge in [0, 0.05) is 21.8 Å². The van der Waals surface area contributed by atoms with Crippen molar-refractivity contribution in [2.75, 3.05) is 5.32 Å². The smallest absolute Gasteiger partial charge is 0.255 e. The number of hydrogen-bond acceptors (Lipinski definition) is 3. The van der Waals surface area contributed by atoms with Crippen molar-refractivity contribution in [3.05, 3.63) is 95.0 Å². The van der Waals surface area contributed by atoms with E-state index in [2.05, 4.69) is 5.32 Å². The minimum absolute atomic E-state index is 0.0526. The second-order valence-corrected chi connectivity index (χ2v) is 6.67. The lowest BCUT2D eigenvalue weighted by Crippen LogP contribution is -2.26. The van der Waals surface area contributed by atoms with Crippen molar-refractivity contribution in [2.45, 2.75) is 19.4 Å². The molecule has 142 valence electrons. The lowest BCUT2D eigenvalue weighted by molar-refractivity contribution is 0.0786. The number of ketones is 1. The third kappa shape index (κ3) is 4.99. The van der Waals surface area contributed by atoms with Gasteiger partial charge in [0.2, 0.25) is 5.78 Å². The molecule has 0 saturated carbocycles. The lowest BCUT2D eigenvalue weighted by atomic mass is 10.0. The molecule has 4 nitrogen and oxygen atoms in total. The van der Waals surface area contributed by atoms with Gasteiger partial charge >= 0.3 is 0 Å². The number of rotatable bonds is 7. The van der Waals surface area contributed by atoms with Crippen LogP contribution in [0.5, 0.6) is 5.75 Å². The Morgan fingerprint density at radius 2 is 1.54 bits per heavy atom. The monoisotopic (exact) mass is 393 g/mol. The Balaban J connectivity index is 1.64. The zero-order valence-electron chi connectivity index (χ0n) is 15.4. The molecule has 0 aliphatic rings. The highest BCUT2D eigenvalue weighted by molar-refractivity contribution is 6.30. The van der Waals surface area contributed by atoms with Crippen LogP contribution in [0.2, 0.25) is 5.02 Å². The molecule has 3 aromatic carbocycles. The van der Waals surface area contributed by atoms with Gasteiger partial charge in [0.25, 0.3) is 5.91 Å². The third-order valence-corrected chi connectivity index (χ3v) is 4.47. The van der Waals surface area contributed by atoms with E-state index >= 15 is 0 Å². The maximum atomic E-state index is 12.6. The largest absolute Gasteiger partial charge is 0.482 e. The van der Waals surface area contributed by atoms with Crippen molar-refractivity contribution >= 4 is 29.0 Å². The van der Waals surface area contributed by atoms with Crippen molar-refractivity contribution in [3.8, 4) is 5.75 Å². The van der Waals surface area contributed by atoms with Gasteiger partial charge in [0.05, 0.1) is 0 Å². The Labute approximate surface area is 169 Å². The third-order valence-electron chi connectivity index (χ3n) is 4.22. The molecule has 1 unspecified atom stereocenters. The van der Waals surface area contributed by atoms with E-state index in [0.29, 0.717) is 34.0 Å². The van der Waals surface area contributed by atoms with E-state index in [9.17, 15) is 9.59 Å². The van der Waals surface area contributed by atoms with Crippen LogP contribution in [-0.4, -0.2) is 17.8 Å². The molecule has 0 heterocycles. The summed E-state index contributed by atoms with van der Waals surface area (Å²) >= 11 is 5.84. The molecule has 5 heteroatoms. The fraction of sp³-hybridized carbons (Fsp3) is 0.130. The van der Waals surface area contributed by atoms with Gasteiger partial charge in [-0.1, -0.05) is 48.9 Å². The minimum Gasteiger partial charge on any atom is -0.482 e. The van der Waals surface area contributed by atoms with Crippen LogP contribution in [0, 0.1) is 0 Å². The van der Waals surface area contributed by atoms with Crippen LogP contribution in [0.15, 0.2) is 78.9 Å². The van der Waals surface area contributed by atoms with Gasteiger partial charge in [-0.15, -0.1) is 0 Å². The fourth-order valence-corrected chi connectivity index (χ4v) is 2.82. The summed E-state index contributed by atoms with van der Waals surface area (Å²) in [5, 5.41) is 3.39. The molecule has 0 spiro atoms. The van der Waals surface area contributed by atoms with Crippen LogP contribution in [0.3, 0.4) is 0 Å². The molecule has 0 saturated heterocycles. The fourth-order valence-electron chi connectivity index (χ4n) is 2.70. The maximum absolute atomic E-state index is 12.6. The highest BCUT2D eigenvalue weighted by Gasteiger charge is 2.20. The van der Waals surface area contributed by atoms with Crippen LogP contribution in [0.25, 0.3) is 0 Å². The molecule has 1 N–H and O–H groups in total. The summed E-state index contributed by atoms with van der Waals surface area (Å²) in [5.74, 6) is 0.292. The topological polar surface area (TPSA) is 55.4 Å². The number of halogens is 1. The van der Waals surface area contributed by atoms with Crippen molar-refractivity contribution in [2.24, 2.45) is 0 Å². The first-order valence-corrected chi connectivity index (χ1v) is 9.37. The zero-order chi connectivity index (χ0) is 19.9. The number of amides is 1. The molecular formula is C23H20ClNO3. The average Bonchev–Trinajstić information content (AvgIpc) is 2.73. The summed E-state index contributed by atoms with van der Waals surface area (Å²) < 4.78 is 5.86. The van der Waals surface area contributed by atoms with E-state index < -0.39 is 6.10 Å². The standard InChI is InChI=1S/C23H20ClNO3/c1-2-21(22(26)16-6-4-3-5-7-16)28-20-14-12-19(13-15-20)25-23(27)17-8-10-18(24)11-9-17/h3-15,21H,2H2,1H3,(H,25,27). The van der Waals surface area contributed by atoms with E-state index in [-0.39, 0.29) is 11.7 Å². The molecule has 0 fully saturated rings. The Bertz CT molecular complexity index is 938. The van der Waals surface area contributed by atoms with E-state index in [0.717, 1.165) is 0 Å². The van der Waals surface area contributed by atoms with Gasteiger partial charge in [0.1, 0.15) is 5.75 Å². The minimum atomic E-state index is -0.558. The first-order valence-electron chi connectivity index (χ1n) is 8.99. The molecule has 28 heavy (non-hydrogen) atoms. The molecule has 3 rings (SSSR count). The van der Waals surface area contributed by atoms with Gasteiger partial charge in [-0.3, -0.25) is 9.59 Å². The second kappa shape index (κ2) is 9.20. The molecule has 1 atom stereocenters. The number of benzene rings is 3. The zero-order valence-corrected chi connectivity index (χ0v) is 16.1. The van der Waals surface area contributed by atoms with Crippen LogP contribution in [0.1, 0.15) is 34.1 Å². The van der Waals surface area contributed by atoms with Gasteiger partial charge in [-0.05, 0) is 55.0 Å². The lowest BCUT2D eigenvalue weighted by Gasteiger charge is -2.17. The number of anilines is 1. The average molecular weight is 394 g/mol. The Morgan fingerprint density at radius 1 is 0.893 bits per heavy atom. The Morgan fingerprint density at radius 3 is 2.14 bits per heavy atom. The molecule has 0 bridgehead atoms. The predicted molar refractivity (Wildman–Crippen MR) is 111 cm³/mol. The van der Waals surface area contributed by atoms with Crippen molar-refractivity contribution in [1.82, 2.24) is 0 Å². The number of hydrogen-bond donors (Lipinski definition) is 1. The summed E-state index contributed by atoms with van der Waals surface area (Å²) in [7, 11) is 0. The highest BCUT2D eigenvalue weighted by atomic mass is 35.5. The van der Waals surface area contributed by atoms with Crippen molar-refractivity contribution in [3.63, 3.8) is 0 Å². The van der Waals surface area contributed by atoms with E-state index in [1.54, 1.807) is 60.7 Å². The normalized spacial score (nSPS) is 11.5. The molecule has 0 radical (unpaired) electrons. The molecular weight excluding hydrogens is 374 g/mol. The Hall–Kier alpha value is -3.11. The maximum Gasteiger partial charge on any atom is 0.255 e. The van der Waals surface area contributed by atoms with Crippen LogP contribution < -0.4 is 10.1 Å². The Kier molecular flexibility index (Phi) is 6.45. The van der Waals surface area contributed by atoms with E-state index in [1.165, 1.54) is 0 Å². The van der Waals surface area contributed by atoms with Crippen LogP contribution >= 0.6 is 11.6 Å². The number of Topliss-reactive ketones (excluding diaryl/α,β-unsaturated/α-hetero) is 1. The summed E-state index contributed by atoms with van der Waals surface area (Å²) in [6, 6.07) is 22.7. The van der Waals surface area contributed by atoms with Gasteiger partial charge in [-0.2, -0.15) is 0 Å². The molecule has 0 aliphatic carbocycles. The van der Waals surface area contributed by atoms with Crippen molar-refractivity contribution in [1.29, 1.82) is 0 Å². The van der Waals surface area contributed by atoms with E-state index in [1.807, 2.05) is 25.1 Å². The van der Waals surface area contributed by atoms with Gasteiger partial charge in [0.15, 0.2) is 6.10 Å².